The van der Waals surface area contributed by atoms with Gasteiger partial charge in [-0.15, -0.1) is 0 Å². The minimum absolute atomic E-state index is 0.107. The normalized spacial score (nSPS) is 14.2. The maximum Gasteiger partial charge on any atom is 0.133 e. The van der Waals surface area contributed by atoms with Gasteiger partial charge in [-0.05, 0) is 44.9 Å². The Morgan fingerprint density at radius 2 is 1.86 bits per heavy atom. The van der Waals surface area contributed by atoms with Crippen molar-refractivity contribution in [2.24, 2.45) is 0 Å². The number of aryl methyl sites for hydroxylation is 1. The van der Waals surface area contributed by atoms with Crippen LogP contribution >= 0.6 is 0 Å². The monoisotopic (exact) mass is 299 g/mol. The van der Waals surface area contributed by atoms with Crippen LogP contribution in [-0.4, -0.2) is 19.3 Å². The smallest absolute Gasteiger partial charge is 0.133 e. The van der Waals surface area contributed by atoms with Crippen molar-refractivity contribution >= 4 is 0 Å². The second-order valence-electron chi connectivity index (χ2n) is 5.31. The molecule has 0 radical (unpaired) electrons. The Morgan fingerprint density at radius 3 is 2.43 bits per heavy atom. The fourth-order valence-corrected chi connectivity index (χ4v) is 2.53. The average Bonchev–Trinajstić information content (AvgIpc) is 2.46. The van der Waals surface area contributed by atoms with Crippen molar-refractivity contribution in [1.82, 2.24) is 5.32 Å². The topological polar surface area (TPSA) is 21.3 Å². The molecule has 0 saturated heterocycles. The molecule has 1 aromatic rings. The van der Waals surface area contributed by atoms with Crippen LogP contribution in [0.2, 0.25) is 0 Å². The van der Waals surface area contributed by atoms with Crippen molar-refractivity contribution in [3.05, 3.63) is 34.9 Å². The lowest BCUT2D eigenvalue weighted by Gasteiger charge is -2.29. The molecule has 0 aliphatic carbocycles. The molecule has 2 atom stereocenters. The highest BCUT2D eigenvalue weighted by Crippen LogP contribution is 2.29. The molecule has 1 N–H and O–H groups in total. The molecule has 0 spiro atoms. The summed E-state index contributed by atoms with van der Waals surface area (Å²) in [7, 11) is 0. The predicted octanol–water partition coefficient (Wildman–Crippen LogP) is 4.52. The van der Waals surface area contributed by atoms with E-state index >= 15 is 0 Å². The van der Waals surface area contributed by atoms with Crippen molar-refractivity contribution in [3.8, 4) is 0 Å². The highest BCUT2D eigenvalue weighted by atomic mass is 19.1. The number of benzene rings is 1. The van der Waals surface area contributed by atoms with Crippen LogP contribution in [0.25, 0.3) is 0 Å². The molecule has 0 aromatic heterocycles. The number of rotatable bonds is 9. The number of ether oxygens (including phenoxy) is 1. The lowest BCUT2D eigenvalue weighted by atomic mass is 9.95. The SMILES string of the molecule is CCCNC(c1c(F)ccc(C)c1F)C(CCC)OCC. The van der Waals surface area contributed by atoms with Gasteiger partial charge in [-0.1, -0.05) is 26.3 Å². The first-order valence-electron chi connectivity index (χ1n) is 7.86. The summed E-state index contributed by atoms with van der Waals surface area (Å²) in [5.74, 6) is -0.975. The average molecular weight is 299 g/mol. The molecule has 0 fully saturated rings. The van der Waals surface area contributed by atoms with E-state index in [1.807, 2.05) is 20.8 Å². The summed E-state index contributed by atoms with van der Waals surface area (Å²) in [5, 5.41) is 3.26. The summed E-state index contributed by atoms with van der Waals surface area (Å²) in [4.78, 5) is 0. The molecule has 120 valence electrons. The van der Waals surface area contributed by atoms with E-state index in [9.17, 15) is 8.78 Å². The van der Waals surface area contributed by atoms with Gasteiger partial charge >= 0.3 is 0 Å². The lowest BCUT2D eigenvalue weighted by molar-refractivity contribution is 0.0257. The molecule has 2 unspecified atom stereocenters. The zero-order valence-electron chi connectivity index (χ0n) is 13.5. The zero-order valence-corrected chi connectivity index (χ0v) is 13.5. The molecular formula is C17H27F2NO. The third kappa shape index (κ3) is 4.75. The third-order valence-corrected chi connectivity index (χ3v) is 3.57. The van der Waals surface area contributed by atoms with E-state index in [1.54, 1.807) is 6.92 Å². The van der Waals surface area contributed by atoms with Gasteiger partial charge in [0, 0.05) is 12.2 Å². The molecule has 1 rings (SSSR count). The van der Waals surface area contributed by atoms with Crippen LogP contribution in [0.5, 0.6) is 0 Å². The first-order valence-corrected chi connectivity index (χ1v) is 7.86. The Kier molecular flexibility index (Phi) is 7.83. The summed E-state index contributed by atoms with van der Waals surface area (Å²) in [6, 6.07) is 2.36. The third-order valence-electron chi connectivity index (χ3n) is 3.57. The fraction of sp³-hybridized carbons (Fsp3) is 0.647. The van der Waals surface area contributed by atoms with Crippen molar-refractivity contribution in [2.75, 3.05) is 13.2 Å². The molecule has 2 nitrogen and oxygen atoms in total. The molecule has 0 amide bonds. The molecular weight excluding hydrogens is 272 g/mol. The molecule has 0 aliphatic rings. The zero-order chi connectivity index (χ0) is 15.8. The minimum atomic E-state index is -0.507. The van der Waals surface area contributed by atoms with E-state index < -0.39 is 17.7 Å². The molecule has 0 aliphatic heterocycles. The van der Waals surface area contributed by atoms with E-state index in [4.69, 9.17) is 4.74 Å². The summed E-state index contributed by atoms with van der Waals surface area (Å²) in [6.07, 6.45) is 2.35. The van der Waals surface area contributed by atoms with Crippen molar-refractivity contribution in [2.45, 2.75) is 59.1 Å². The van der Waals surface area contributed by atoms with E-state index in [0.29, 0.717) is 18.7 Å². The van der Waals surface area contributed by atoms with Gasteiger partial charge in [-0.3, -0.25) is 0 Å². The first kappa shape index (κ1) is 18.1. The van der Waals surface area contributed by atoms with Crippen LogP contribution in [0.1, 0.15) is 57.2 Å². The summed E-state index contributed by atoms with van der Waals surface area (Å²) in [6.45, 7) is 8.87. The number of hydrogen-bond donors (Lipinski definition) is 1. The molecule has 0 saturated carbocycles. The number of halogens is 2. The van der Waals surface area contributed by atoms with Crippen LogP contribution in [-0.2, 0) is 4.74 Å². The Labute approximate surface area is 126 Å². The van der Waals surface area contributed by atoms with E-state index in [-0.39, 0.29) is 11.7 Å². The second-order valence-corrected chi connectivity index (χ2v) is 5.31. The molecule has 1 aromatic carbocycles. The van der Waals surface area contributed by atoms with E-state index in [2.05, 4.69) is 5.32 Å². The maximum absolute atomic E-state index is 14.4. The van der Waals surface area contributed by atoms with Gasteiger partial charge in [-0.2, -0.15) is 0 Å². The van der Waals surface area contributed by atoms with Crippen molar-refractivity contribution in [3.63, 3.8) is 0 Å². The summed E-state index contributed by atoms with van der Waals surface area (Å²) >= 11 is 0. The van der Waals surface area contributed by atoms with Gasteiger partial charge in [0.15, 0.2) is 0 Å². The van der Waals surface area contributed by atoms with E-state index in [0.717, 1.165) is 19.3 Å². The van der Waals surface area contributed by atoms with Gasteiger partial charge in [0.2, 0.25) is 0 Å². The summed E-state index contributed by atoms with van der Waals surface area (Å²) < 4.78 is 34.4. The van der Waals surface area contributed by atoms with Gasteiger partial charge in [0.25, 0.3) is 0 Å². The van der Waals surface area contributed by atoms with Gasteiger partial charge < -0.3 is 10.1 Å². The van der Waals surface area contributed by atoms with Gasteiger partial charge in [0.05, 0.1) is 12.1 Å². The molecule has 0 bridgehead atoms. The second kappa shape index (κ2) is 9.11. The minimum Gasteiger partial charge on any atom is -0.377 e. The molecule has 4 heteroatoms. The van der Waals surface area contributed by atoms with Crippen LogP contribution in [0, 0.1) is 18.6 Å². The Balaban J connectivity index is 3.19. The first-order chi connectivity index (χ1) is 10.1. The predicted molar refractivity (Wildman–Crippen MR) is 82.5 cm³/mol. The Morgan fingerprint density at radius 1 is 1.14 bits per heavy atom. The lowest BCUT2D eigenvalue weighted by Crippen LogP contribution is -2.36. The van der Waals surface area contributed by atoms with Crippen molar-refractivity contribution < 1.29 is 13.5 Å². The van der Waals surface area contributed by atoms with Crippen molar-refractivity contribution in [1.29, 1.82) is 0 Å². The maximum atomic E-state index is 14.4. The highest BCUT2D eigenvalue weighted by molar-refractivity contribution is 5.30. The van der Waals surface area contributed by atoms with Gasteiger partial charge in [0.1, 0.15) is 11.6 Å². The van der Waals surface area contributed by atoms with Crippen LogP contribution < -0.4 is 5.32 Å². The molecule has 21 heavy (non-hydrogen) atoms. The van der Waals surface area contributed by atoms with Crippen LogP contribution in [0.3, 0.4) is 0 Å². The quantitative estimate of drug-likeness (QED) is 0.724. The Hall–Kier alpha value is -1.00. The highest BCUT2D eigenvalue weighted by Gasteiger charge is 2.28. The standard InChI is InChI=1S/C17H27F2NO/c1-5-8-14(21-7-3)17(20-11-6-2)15-13(18)10-9-12(4)16(15)19/h9-10,14,17,20H,5-8,11H2,1-4H3. The van der Waals surface area contributed by atoms with Crippen LogP contribution in [0.15, 0.2) is 12.1 Å². The number of hydrogen-bond acceptors (Lipinski definition) is 2. The fourth-order valence-electron chi connectivity index (χ4n) is 2.53. The van der Waals surface area contributed by atoms with Gasteiger partial charge in [-0.25, -0.2) is 8.78 Å². The summed E-state index contributed by atoms with van der Waals surface area (Å²) in [5.41, 5.74) is 0.566. The molecule has 0 heterocycles. The number of nitrogens with one attached hydrogen (secondary N) is 1. The van der Waals surface area contributed by atoms with E-state index in [1.165, 1.54) is 12.1 Å². The Bertz CT molecular complexity index is 431. The van der Waals surface area contributed by atoms with Crippen LogP contribution in [0.4, 0.5) is 8.78 Å². The largest absolute Gasteiger partial charge is 0.377 e.